The van der Waals surface area contributed by atoms with Crippen LogP contribution in [0.15, 0.2) is 40.2 Å². The molecule has 0 saturated heterocycles. The van der Waals surface area contributed by atoms with E-state index in [4.69, 9.17) is 0 Å². The number of halogens is 1. The number of guanidine groups is 1. The van der Waals surface area contributed by atoms with Crippen LogP contribution in [0.25, 0.3) is 0 Å². The van der Waals surface area contributed by atoms with Crippen LogP contribution in [0.5, 0.6) is 0 Å². The summed E-state index contributed by atoms with van der Waals surface area (Å²) in [7, 11) is 1.78. The maximum Gasteiger partial charge on any atom is 0.221 e. The van der Waals surface area contributed by atoms with Gasteiger partial charge in [-0.05, 0) is 37.8 Å². The highest BCUT2D eigenvalue weighted by Crippen LogP contribution is 2.51. The van der Waals surface area contributed by atoms with E-state index in [1.54, 1.807) is 7.05 Å². The van der Waals surface area contributed by atoms with Gasteiger partial charge >= 0.3 is 0 Å². The zero-order valence-corrected chi connectivity index (χ0v) is 19.9. The lowest BCUT2D eigenvalue weighted by Crippen LogP contribution is -2.43. The van der Waals surface area contributed by atoms with Gasteiger partial charge in [0, 0.05) is 42.2 Å². The molecule has 2 fully saturated rings. The van der Waals surface area contributed by atoms with Gasteiger partial charge in [0.15, 0.2) is 5.96 Å². The van der Waals surface area contributed by atoms with Crippen molar-refractivity contribution in [1.29, 1.82) is 0 Å². The van der Waals surface area contributed by atoms with E-state index in [0.717, 1.165) is 25.3 Å². The van der Waals surface area contributed by atoms with E-state index in [1.807, 2.05) is 11.8 Å². The molecule has 0 unspecified atom stereocenters. The Morgan fingerprint density at radius 2 is 1.86 bits per heavy atom. The van der Waals surface area contributed by atoms with Crippen molar-refractivity contribution in [2.45, 2.75) is 67.1 Å². The first kappa shape index (κ1) is 23.3. The minimum absolute atomic E-state index is 0. The van der Waals surface area contributed by atoms with Crippen molar-refractivity contribution in [3.8, 4) is 0 Å². The van der Waals surface area contributed by atoms with Gasteiger partial charge in [0.05, 0.1) is 0 Å². The summed E-state index contributed by atoms with van der Waals surface area (Å²) in [5.41, 5.74) is 0. The third-order valence-electron chi connectivity index (χ3n) is 5.30. The number of nitrogens with zero attached hydrogens (tertiary/aromatic N) is 1. The predicted octanol–water partition coefficient (Wildman–Crippen LogP) is 3.93. The van der Waals surface area contributed by atoms with Gasteiger partial charge < -0.3 is 16.0 Å². The molecule has 0 aliphatic heterocycles. The molecule has 5 nitrogen and oxygen atoms in total. The summed E-state index contributed by atoms with van der Waals surface area (Å²) in [6, 6.07) is 11.0. The Morgan fingerprint density at radius 3 is 2.50 bits per heavy atom. The van der Waals surface area contributed by atoms with E-state index < -0.39 is 0 Å². The predicted molar refractivity (Wildman–Crippen MR) is 129 cm³/mol. The van der Waals surface area contributed by atoms with E-state index in [9.17, 15) is 4.79 Å². The average Bonchev–Trinajstić information content (AvgIpc) is 3.45. The Labute approximate surface area is 190 Å². The van der Waals surface area contributed by atoms with E-state index in [1.165, 1.54) is 37.0 Å². The zero-order chi connectivity index (χ0) is 19.0. The maximum absolute atomic E-state index is 12.1. The third kappa shape index (κ3) is 7.81. The average molecular weight is 516 g/mol. The van der Waals surface area contributed by atoms with E-state index in [2.05, 4.69) is 51.3 Å². The second-order valence-corrected chi connectivity index (χ2v) is 9.14. The molecular formula is C21H33IN4OS. The van der Waals surface area contributed by atoms with Crippen LogP contribution in [0.3, 0.4) is 0 Å². The zero-order valence-electron chi connectivity index (χ0n) is 16.7. The normalized spacial score (nSPS) is 18.7. The van der Waals surface area contributed by atoms with Crippen LogP contribution in [-0.4, -0.2) is 42.8 Å². The Kier molecular flexibility index (Phi) is 9.91. The number of benzene rings is 1. The first-order chi connectivity index (χ1) is 13.2. The van der Waals surface area contributed by atoms with Crippen LogP contribution in [0.1, 0.15) is 51.4 Å². The number of nitrogens with one attached hydrogen (secondary N) is 3. The molecule has 1 aromatic carbocycles. The van der Waals surface area contributed by atoms with Crippen molar-refractivity contribution in [1.82, 2.24) is 16.0 Å². The molecule has 0 atom stereocenters. The monoisotopic (exact) mass is 516 g/mol. The number of carbonyl (C=O) groups excluding carboxylic acids is 1. The molecule has 0 bridgehead atoms. The number of aliphatic imine (C=N–C) groups is 1. The molecule has 3 N–H and O–H groups in total. The van der Waals surface area contributed by atoms with Crippen molar-refractivity contribution < 1.29 is 4.79 Å². The highest BCUT2D eigenvalue weighted by atomic mass is 127. The SMILES string of the molecule is CN=C(NCCC(=O)NC1CCCCC1)NCC1(Sc2ccccc2)CC1.I. The van der Waals surface area contributed by atoms with Crippen LogP contribution in [0.2, 0.25) is 0 Å². The smallest absolute Gasteiger partial charge is 0.221 e. The lowest BCUT2D eigenvalue weighted by atomic mass is 9.95. The third-order valence-corrected chi connectivity index (χ3v) is 6.80. The minimum atomic E-state index is 0. The molecule has 0 spiro atoms. The summed E-state index contributed by atoms with van der Waals surface area (Å²) >= 11 is 1.95. The van der Waals surface area contributed by atoms with Crippen molar-refractivity contribution in [2.24, 2.45) is 4.99 Å². The summed E-state index contributed by atoms with van der Waals surface area (Å²) in [5, 5.41) is 9.87. The minimum Gasteiger partial charge on any atom is -0.356 e. The van der Waals surface area contributed by atoms with Crippen LogP contribution in [-0.2, 0) is 4.79 Å². The lowest BCUT2D eigenvalue weighted by molar-refractivity contribution is -0.121. The summed E-state index contributed by atoms with van der Waals surface area (Å²) in [5.74, 6) is 0.920. The molecule has 28 heavy (non-hydrogen) atoms. The van der Waals surface area contributed by atoms with Crippen molar-refractivity contribution in [3.63, 3.8) is 0 Å². The van der Waals surface area contributed by atoms with Crippen molar-refractivity contribution in [3.05, 3.63) is 30.3 Å². The first-order valence-electron chi connectivity index (χ1n) is 10.2. The Bertz CT molecular complexity index is 631. The Hall–Kier alpha value is -0.960. The first-order valence-corrected chi connectivity index (χ1v) is 11.0. The quantitative estimate of drug-likeness (QED) is 0.278. The highest BCUT2D eigenvalue weighted by molar-refractivity contribution is 14.0. The number of amides is 1. The van der Waals surface area contributed by atoms with Gasteiger partial charge in [-0.2, -0.15) is 0 Å². The maximum atomic E-state index is 12.1. The molecule has 0 aromatic heterocycles. The second-order valence-electron chi connectivity index (χ2n) is 7.60. The fourth-order valence-corrected chi connectivity index (χ4v) is 4.74. The number of thioether (sulfide) groups is 1. The molecule has 1 aromatic rings. The Morgan fingerprint density at radius 1 is 1.14 bits per heavy atom. The molecule has 2 aliphatic rings. The Balaban J connectivity index is 0.00000280. The summed E-state index contributed by atoms with van der Waals surface area (Å²) < 4.78 is 0.275. The standard InChI is InChI=1S/C21H32N4OS.HI/c1-22-20(23-15-12-19(26)25-17-8-4-2-5-9-17)24-16-21(13-14-21)27-18-10-6-3-7-11-18;/h3,6-7,10-11,17H,2,4-5,8-9,12-16H2,1H3,(H,25,26)(H2,22,23,24);1H. The number of hydrogen-bond acceptors (Lipinski definition) is 3. The lowest BCUT2D eigenvalue weighted by Gasteiger charge is -2.23. The molecule has 0 radical (unpaired) electrons. The number of carbonyl (C=O) groups is 1. The topological polar surface area (TPSA) is 65.5 Å². The van der Waals surface area contributed by atoms with Gasteiger partial charge in [-0.1, -0.05) is 37.5 Å². The van der Waals surface area contributed by atoms with Crippen LogP contribution >= 0.6 is 35.7 Å². The number of rotatable bonds is 8. The summed E-state index contributed by atoms with van der Waals surface area (Å²) in [4.78, 5) is 17.7. The highest BCUT2D eigenvalue weighted by Gasteiger charge is 2.43. The molecular weight excluding hydrogens is 483 g/mol. The molecule has 7 heteroatoms. The van der Waals surface area contributed by atoms with Gasteiger partial charge in [-0.15, -0.1) is 35.7 Å². The van der Waals surface area contributed by atoms with Gasteiger partial charge in [0.2, 0.25) is 5.91 Å². The summed E-state index contributed by atoms with van der Waals surface area (Å²) in [6.45, 7) is 1.50. The molecule has 2 saturated carbocycles. The molecule has 0 heterocycles. The number of hydrogen-bond donors (Lipinski definition) is 3. The van der Waals surface area contributed by atoms with Crippen LogP contribution in [0, 0.1) is 0 Å². The van der Waals surface area contributed by atoms with E-state index in [0.29, 0.717) is 19.0 Å². The van der Waals surface area contributed by atoms with Crippen LogP contribution in [0.4, 0.5) is 0 Å². The van der Waals surface area contributed by atoms with Gasteiger partial charge in [0.25, 0.3) is 0 Å². The van der Waals surface area contributed by atoms with Crippen molar-refractivity contribution in [2.75, 3.05) is 20.1 Å². The van der Waals surface area contributed by atoms with Gasteiger partial charge in [-0.25, -0.2) is 0 Å². The van der Waals surface area contributed by atoms with E-state index >= 15 is 0 Å². The summed E-state index contributed by atoms with van der Waals surface area (Å²) in [6.07, 6.45) is 8.97. The fourth-order valence-electron chi connectivity index (χ4n) is 3.50. The van der Waals surface area contributed by atoms with Crippen molar-refractivity contribution >= 4 is 47.6 Å². The molecule has 2 aliphatic carbocycles. The molecule has 156 valence electrons. The molecule has 3 rings (SSSR count). The van der Waals surface area contributed by atoms with E-state index in [-0.39, 0.29) is 34.6 Å². The van der Waals surface area contributed by atoms with Crippen LogP contribution < -0.4 is 16.0 Å². The second kappa shape index (κ2) is 11.9. The largest absolute Gasteiger partial charge is 0.356 e. The molecule has 1 amide bonds. The fraction of sp³-hybridized carbons (Fsp3) is 0.619. The van der Waals surface area contributed by atoms with Gasteiger partial charge in [-0.3, -0.25) is 9.79 Å². The van der Waals surface area contributed by atoms with Gasteiger partial charge in [0.1, 0.15) is 0 Å².